The van der Waals surface area contributed by atoms with Crippen molar-refractivity contribution >= 4 is 29.1 Å². The Kier molecular flexibility index (Phi) is 8.17. The molecule has 1 aliphatic heterocycles. The molecule has 0 aromatic heterocycles. The highest BCUT2D eigenvalue weighted by Crippen LogP contribution is 2.21. The zero-order chi connectivity index (χ0) is 23.8. The number of ether oxygens (including phenoxy) is 1. The second-order valence-corrected chi connectivity index (χ2v) is 8.79. The Labute approximate surface area is 204 Å². The molecular formula is C27H28ClN3O3. The van der Waals surface area contributed by atoms with E-state index >= 15 is 0 Å². The summed E-state index contributed by atoms with van der Waals surface area (Å²) in [5.74, 6) is 0.373. The van der Waals surface area contributed by atoms with E-state index in [0.29, 0.717) is 29.5 Å². The summed E-state index contributed by atoms with van der Waals surface area (Å²) in [5, 5.41) is 6.72. The summed E-state index contributed by atoms with van der Waals surface area (Å²) in [4.78, 5) is 27.4. The topological polar surface area (TPSA) is 70.7 Å². The second kappa shape index (κ2) is 11.7. The van der Waals surface area contributed by atoms with Crippen molar-refractivity contribution in [2.45, 2.75) is 25.5 Å². The number of nitrogens with one attached hydrogen (secondary N) is 2. The lowest BCUT2D eigenvalue weighted by Gasteiger charge is -2.32. The number of benzene rings is 3. The summed E-state index contributed by atoms with van der Waals surface area (Å²) in [5.41, 5.74) is 2.29. The molecule has 1 heterocycles. The van der Waals surface area contributed by atoms with Crippen molar-refractivity contribution in [2.75, 3.05) is 25.0 Å². The van der Waals surface area contributed by atoms with Crippen LogP contribution in [0.1, 0.15) is 28.8 Å². The molecule has 0 bridgehead atoms. The molecule has 3 aromatic rings. The molecule has 1 aliphatic rings. The number of hydrogen-bond donors (Lipinski definition) is 2. The Morgan fingerprint density at radius 1 is 0.912 bits per heavy atom. The first-order valence-corrected chi connectivity index (χ1v) is 11.8. The normalized spacial score (nSPS) is 14.4. The Morgan fingerprint density at radius 3 is 2.32 bits per heavy atom. The second-order valence-electron chi connectivity index (χ2n) is 8.35. The van der Waals surface area contributed by atoms with Gasteiger partial charge in [0.2, 0.25) is 5.91 Å². The minimum atomic E-state index is -0.146. The minimum Gasteiger partial charge on any atom is -0.488 e. The van der Waals surface area contributed by atoms with Crippen LogP contribution in [0.15, 0.2) is 78.9 Å². The van der Waals surface area contributed by atoms with Gasteiger partial charge in [0.15, 0.2) is 0 Å². The third kappa shape index (κ3) is 6.83. The van der Waals surface area contributed by atoms with Gasteiger partial charge < -0.3 is 15.4 Å². The van der Waals surface area contributed by atoms with Crippen molar-refractivity contribution in [1.82, 2.24) is 10.2 Å². The highest BCUT2D eigenvalue weighted by molar-refractivity contribution is 6.30. The van der Waals surface area contributed by atoms with Crippen molar-refractivity contribution in [3.63, 3.8) is 0 Å². The van der Waals surface area contributed by atoms with Crippen LogP contribution in [0.25, 0.3) is 0 Å². The van der Waals surface area contributed by atoms with Crippen molar-refractivity contribution in [2.24, 2.45) is 0 Å². The number of likely N-dealkylation sites (tertiary alicyclic amines) is 1. The van der Waals surface area contributed by atoms with Gasteiger partial charge in [0.1, 0.15) is 12.4 Å². The first-order valence-electron chi connectivity index (χ1n) is 11.4. The van der Waals surface area contributed by atoms with Crippen molar-refractivity contribution < 1.29 is 14.3 Å². The largest absolute Gasteiger partial charge is 0.488 e. The molecule has 1 saturated heterocycles. The number of nitrogens with zero attached hydrogens (tertiary/aromatic N) is 1. The third-order valence-electron chi connectivity index (χ3n) is 5.79. The number of amides is 2. The number of carbonyl (C=O) groups is 2. The highest BCUT2D eigenvalue weighted by Gasteiger charge is 2.23. The van der Waals surface area contributed by atoms with Crippen LogP contribution >= 0.6 is 11.6 Å². The molecule has 7 heteroatoms. The molecule has 0 spiro atoms. The fourth-order valence-electron chi connectivity index (χ4n) is 3.95. The summed E-state index contributed by atoms with van der Waals surface area (Å²) < 4.78 is 5.93. The predicted molar refractivity (Wildman–Crippen MR) is 134 cm³/mol. The molecule has 0 aliphatic carbocycles. The number of piperidine rings is 1. The van der Waals surface area contributed by atoms with Gasteiger partial charge in [-0.15, -0.1) is 0 Å². The number of hydrogen-bond acceptors (Lipinski definition) is 4. The molecule has 1 fully saturated rings. The summed E-state index contributed by atoms with van der Waals surface area (Å²) >= 11 is 5.94. The number of carbonyl (C=O) groups excluding carboxylic acids is 2. The summed E-state index contributed by atoms with van der Waals surface area (Å²) in [6.45, 7) is 2.20. The van der Waals surface area contributed by atoms with Gasteiger partial charge in [-0.25, -0.2) is 0 Å². The molecule has 2 amide bonds. The van der Waals surface area contributed by atoms with Gasteiger partial charge in [-0.05, 0) is 54.8 Å². The maximum absolute atomic E-state index is 13.0. The Morgan fingerprint density at radius 2 is 1.59 bits per heavy atom. The Balaban J connectivity index is 1.25. The van der Waals surface area contributed by atoms with E-state index in [1.54, 1.807) is 12.1 Å². The minimum absolute atomic E-state index is 0.0274. The maximum atomic E-state index is 13.0. The first-order chi connectivity index (χ1) is 16.6. The molecule has 2 N–H and O–H groups in total. The van der Waals surface area contributed by atoms with Crippen LogP contribution < -0.4 is 15.4 Å². The monoisotopic (exact) mass is 477 g/mol. The first kappa shape index (κ1) is 23.8. The molecule has 3 aromatic carbocycles. The van der Waals surface area contributed by atoms with Gasteiger partial charge >= 0.3 is 0 Å². The number of para-hydroxylation sites is 2. The fourth-order valence-corrected chi connectivity index (χ4v) is 4.07. The molecular weight excluding hydrogens is 450 g/mol. The SMILES string of the molecule is O=C(CN1CCC(NC(=O)c2ccccc2OCc2ccc(Cl)cc2)CC1)Nc1ccccc1. The van der Waals surface area contributed by atoms with Crippen LogP contribution in [0.4, 0.5) is 5.69 Å². The van der Waals surface area contributed by atoms with E-state index in [2.05, 4.69) is 15.5 Å². The zero-order valence-electron chi connectivity index (χ0n) is 18.9. The average molecular weight is 478 g/mol. The molecule has 0 atom stereocenters. The van der Waals surface area contributed by atoms with Crippen LogP contribution in [0.2, 0.25) is 5.02 Å². The molecule has 0 unspecified atom stereocenters. The summed E-state index contributed by atoms with van der Waals surface area (Å²) in [6.07, 6.45) is 1.58. The van der Waals surface area contributed by atoms with E-state index in [4.69, 9.17) is 16.3 Å². The van der Waals surface area contributed by atoms with Crippen LogP contribution in [-0.4, -0.2) is 42.4 Å². The van der Waals surface area contributed by atoms with Crippen LogP contribution in [-0.2, 0) is 11.4 Å². The molecule has 0 radical (unpaired) electrons. The van der Waals surface area contributed by atoms with Crippen LogP contribution in [0.5, 0.6) is 5.75 Å². The van der Waals surface area contributed by atoms with E-state index in [9.17, 15) is 9.59 Å². The fraction of sp³-hybridized carbons (Fsp3) is 0.259. The van der Waals surface area contributed by atoms with Crippen LogP contribution in [0, 0.1) is 0 Å². The quantitative estimate of drug-likeness (QED) is 0.491. The Hall–Kier alpha value is -3.35. The Bertz CT molecular complexity index is 1100. The van der Waals surface area contributed by atoms with E-state index in [1.807, 2.05) is 66.7 Å². The predicted octanol–water partition coefficient (Wildman–Crippen LogP) is 4.75. The number of halogens is 1. The van der Waals surface area contributed by atoms with E-state index < -0.39 is 0 Å². The lowest BCUT2D eigenvalue weighted by Crippen LogP contribution is -2.46. The zero-order valence-corrected chi connectivity index (χ0v) is 19.6. The number of anilines is 1. The smallest absolute Gasteiger partial charge is 0.255 e. The molecule has 6 nitrogen and oxygen atoms in total. The molecule has 176 valence electrons. The van der Waals surface area contributed by atoms with Gasteiger partial charge in [0.25, 0.3) is 5.91 Å². The van der Waals surface area contributed by atoms with E-state index in [1.165, 1.54) is 0 Å². The third-order valence-corrected chi connectivity index (χ3v) is 6.04. The van der Waals surface area contributed by atoms with Crippen molar-refractivity contribution in [1.29, 1.82) is 0 Å². The summed E-state index contributed by atoms with van der Waals surface area (Å²) in [7, 11) is 0. The van der Waals surface area contributed by atoms with Gasteiger partial charge in [-0.3, -0.25) is 14.5 Å². The molecule has 4 rings (SSSR count). The lowest BCUT2D eigenvalue weighted by atomic mass is 10.0. The standard InChI is InChI=1S/C27H28ClN3O3/c28-21-12-10-20(11-13-21)19-34-25-9-5-4-8-24(25)27(33)30-23-14-16-31(17-15-23)18-26(32)29-22-6-2-1-3-7-22/h1-13,23H,14-19H2,(H,29,32)(H,30,33). The van der Waals surface area contributed by atoms with Crippen molar-refractivity contribution in [3.05, 3.63) is 95.0 Å². The summed E-state index contributed by atoms with van der Waals surface area (Å²) in [6, 6.07) is 24.2. The highest BCUT2D eigenvalue weighted by atomic mass is 35.5. The van der Waals surface area contributed by atoms with E-state index in [-0.39, 0.29) is 17.9 Å². The average Bonchev–Trinajstić information content (AvgIpc) is 2.85. The van der Waals surface area contributed by atoms with Gasteiger partial charge in [0, 0.05) is 29.8 Å². The number of rotatable bonds is 8. The van der Waals surface area contributed by atoms with Gasteiger partial charge in [-0.2, -0.15) is 0 Å². The van der Waals surface area contributed by atoms with Crippen molar-refractivity contribution in [3.8, 4) is 5.75 Å². The molecule has 0 saturated carbocycles. The maximum Gasteiger partial charge on any atom is 0.255 e. The van der Waals surface area contributed by atoms with E-state index in [0.717, 1.165) is 37.2 Å². The molecule has 34 heavy (non-hydrogen) atoms. The van der Waals surface area contributed by atoms with Crippen LogP contribution in [0.3, 0.4) is 0 Å². The lowest BCUT2D eigenvalue weighted by molar-refractivity contribution is -0.117. The van der Waals surface area contributed by atoms with Gasteiger partial charge in [0.05, 0.1) is 12.1 Å². The van der Waals surface area contributed by atoms with Gasteiger partial charge in [-0.1, -0.05) is 54.1 Å².